The van der Waals surface area contributed by atoms with E-state index in [4.69, 9.17) is 5.73 Å². The molecule has 0 amide bonds. The minimum Gasteiger partial charge on any atom is -0.325 e. The molecule has 2 N–H and O–H groups in total. The van der Waals surface area contributed by atoms with E-state index in [0.717, 1.165) is 0 Å². The quantitative estimate of drug-likeness (QED) is 0.744. The average Bonchev–Trinajstić information content (AvgIpc) is 1.88. The smallest absolute Gasteiger partial charge is 0.126 e. The second-order valence-electron chi connectivity index (χ2n) is 1.67. The maximum Gasteiger partial charge on any atom is 0.126 e. The van der Waals surface area contributed by atoms with E-state index in [1.165, 1.54) is 18.3 Å². The first-order chi connectivity index (χ1) is 4.33. The normalized spacial score (nSPS) is 7.82. The summed E-state index contributed by atoms with van der Waals surface area (Å²) in [5.74, 6) is -0.287. The van der Waals surface area contributed by atoms with E-state index in [1.54, 1.807) is 0 Å². The van der Waals surface area contributed by atoms with Crippen LogP contribution in [0.4, 0.5) is 4.39 Å². The Balaban J connectivity index is 0. The summed E-state index contributed by atoms with van der Waals surface area (Å²) in [4.78, 5) is 3.79. The van der Waals surface area contributed by atoms with Crippen molar-refractivity contribution < 1.29 is 4.39 Å². The fraction of sp³-hybridized carbons (Fsp3) is 0.167. The number of aromatic nitrogens is 1. The predicted octanol–water partition coefficient (Wildman–Crippen LogP) is 1.52. The van der Waals surface area contributed by atoms with Gasteiger partial charge < -0.3 is 5.73 Å². The van der Waals surface area contributed by atoms with Crippen LogP contribution in [0.3, 0.4) is 0 Å². The third-order valence-corrected chi connectivity index (χ3v) is 0.988. The van der Waals surface area contributed by atoms with E-state index in [1.807, 2.05) is 0 Å². The summed E-state index contributed by atoms with van der Waals surface area (Å²) in [6.45, 7) is 0.289. The van der Waals surface area contributed by atoms with Crippen LogP contribution >= 0.6 is 24.8 Å². The molecule has 11 heavy (non-hydrogen) atoms. The third kappa shape index (κ3) is 4.14. The molecule has 1 rings (SSSR count). The summed E-state index contributed by atoms with van der Waals surface area (Å²) < 4.78 is 12.3. The van der Waals surface area contributed by atoms with E-state index in [-0.39, 0.29) is 37.2 Å². The number of hydrogen-bond acceptors (Lipinski definition) is 2. The molecule has 0 saturated heterocycles. The molecule has 0 aliphatic carbocycles. The van der Waals surface area contributed by atoms with Gasteiger partial charge in [-0.15, -0.1) is 24.8 Å². The molecule has 0 spiro atoms. The van der Waals surface area contributed by atoms with Gasteiger partial charge >= 0.3 is 0 Å². The molecule has 64 valence electrons. The van der Waals surface area contributed by atoms with Crippen molar-refractivity contribution in [3.8, 4) is 0 Å². The minimum absolute atomic E-state index is 0. The van der Waals surface area contributed by atoms with E-state index < -0.39 is 0 Å². The van der Waals surface area contributed by atoms with Crippen LogP contribution in [-0.4, -0.2) is 4.98 Å². The van der Waals surface area contributed by atoms with Gasteiger partial charge in [0.25, 0.3) is 0 Å². The summed E-state index contributed by atoms with van der Waals surface area (Å²) >= 11 is 0. The van der Waals surface area contributed by atoms with Gasteiger partial charge in [-0.2, -0.15) is 0 Å². The van der Waals surface area contributed by atoms with Crippen LogP contribution in [0.15, 0.2) is 18.3 Å². The standard InChI is InChI=1S/C6H7FN2.2ClH/c7-5-1-2-9-6(3-5)4-8;;/h1-3H,4,8H2;2*1H. The summed E-state index contributed by atoms with van der Waals surface area (Å²) in [5.41, 5.74) is 5.77. The zero-order chi connectivity index (χ0) is 6.69. The number of pyridine rings is 1. The van der Waals surface area contributed by atoms with Crippen molar-refractivity contribution in [1.29, 1.82) is 0 Å². The second-order valence-corrected chi connectivity index (χ2v) is 1.67. The van der Waals surface area contributed by atoms with Crippen LogP contribution in [0.5, 0.6) is 0 Å². The fourth-order valence-corrected chi connectivity index (χ4v) is 0.560. The van der Waals surface area contributed by atoms with Crippen LogP contribution in [0.2, 0.25) is 0 Å². The lowest BCUT2D eigenvalue weighted by Crippen LogP contribution is -1.98. The highest BCUT2D eigenvalue weighted by atomic mass is 35.5. The summed E-state index contributed by atoms with van der Waals surface area (Å²) in [7, 11) is 0. The molecule has 2 nitrogen and oxygen atoms in total. The molecular weight excluding hydrogens is 190 g/mol. The van der Waals surface area contributed by atoms with Crippen LogP contribution in [0, 0.1) is 5.82 Å². The van der Waals surface area contributed by atoms with Gasteiger partial charge in [-0.1, -0.05) is 0 Å². The zero-order valence-corrected chi connectivity index (χ0v) is 7.29. The molecule has 1 aromatic heterocycles. The highest BCUT2D eigenvalue weighted by molar-refractivity contribution is 5.85. The molecule has 0 aliphatic heterocycles. The van der Waals surface area contributed by atoms with Gasteiger partial charge in [0, 0.05) is 12.7 Å². The van der Waals surface area contributed by atoms with E-state index in [2.05, 4.69) is 4.98 Å². The second kappa shape index (κ2) is 6.34. The van der Waals surface area contributed by atoms with Crippen molar-refractivity contribution in [2.45, 2.75) is 6.54 Å². The number of nitrogens with two attached hydrogens (primary N) is 1. The maximum atomic E-state index is 12.3. The molecule has 0 unspecified atom stereocenters. The Morgan fingerprint density at radius 3 is 2.45 bits per heavy atom. The van der Waals surface area contributed by atoms with Crippen molar-refractivity contribution in [2.24, 2.45) is 5.73 Å². The highest BCUT2D eigenvalue weighted by Crippen LogP contribution is 1.96. The first-order valence-corrected chi connectivity index (χ1v) is 2.63. The third-order valence-electron chi connectivity index (χ3n) is 0.988. The summed E-state index contributed by atoms with van der Waals surface area (Å²) in [6.07, 6.45) is 1.40. The molecule has 1 heterocycles. The van der Waals surface area contributed by atoms with Crippen molar-refractivity contribution in [3.05, 3.63) is 29.8 Å². The van der Waals surface area contributed by atoms with Gasteiger partial charge in [-0.25, -0.2) is 4.39 Å². The van der Waals surface area contributed by atoms with Gasteiger partial charge in [-0.05, 0) is 12.1 Å². The topological polar surface area (TPSA) is 38.9 Å². The Bertz CT molecular complexity index is 208. The molecule has 0 radical (unpaired) electrons. The Labute approximate surface area is 76.8 Å². The molecule has 0 fully saturated rings. The molecular formula is C6H9Cl2FN2. The molecule has 0 aromatic carbocycles. The Kier molecular flexibility index (Phi) is 7.62. The monoisotopic (exact) mass is 198 g/mol. The number of halogens is 3. The van der Waals surface area contributed by atoms with E-state index >= 15 is 0 Å². The number of nitrogens with zero attached hydrogens (tertiary/aromatic N) is 1. The van der Waals surface area contributed by atoms with Crippen LogP contribution in [0.1, 0.15) is 5.69 Å². The van der Waals surface area contributed by atoms with E-state index in [0.29, 0.717) is 5.69 Å². The predicted molar refractivity (Wildman–Crippen MR) is 46.6 cm³/mol. The largest absolute Gasteiger partial charge is 0.325 e. The number of rotatable bonds is 1. The molecule has 0 aliphatic rings. The molecule has 0 bridgehead atoms. The van der Waals surface area contributed by atoms with Gasteiger partial charge in [0.05, 0.1) is 5.69 Å². The molecule has 5 heteroatoms. The SMILES string of the molecule is Cl.Cl.NCc1cc(F)ccn1. The average molecular weight is 199 g/mol. The lowest BCUT2D eigenvalue weighted by molar-refractivity contribution is 0.622. The van der Waals surface area contributed by atoms with Gasteiger partial charge in [0.2, 0.25) is 0 Å². The van der Waals surface area contributed by atoms with Crippen LogP contribution in [0.25, 0.3) is 0 Å². The fourth-order valence-electron chi connectivity index (χ4n) is 0.560. The first-order valence-electron chi connectivity index (χ1n) is 2.63. The summed E-state index contributed by atoms with van der Waals surface area (Å²) in [5, 5.41) is 0. The van der Waals surface area contributed by atoms with Crippen LogP contribution < -0.4 is 5.73 Å². The Hall–Kier alpha value is -0.380. The van der Waals surface area contributed by atoms with Crippen molar-refractivity contribution >= 4 is 24.8 Å². The van der Waals surface area contributed by atoms with E-state index in [9.17, 15) is 4.39 Å². The maximum absolute atomic E-state index is 12.3. The van der Waals surface area contributed by atoms with Gasteiger partial charge in [0.1, 0.15) is 5.82 Å². The number of hydrogen-bond donors (Lipinski definition) is 1. The lowest BCUT2D eigenvalue weighted by Gasteiger charge is -1.92. The molecule has 0 atom stereocenters. The van der Waals surface area contributed by atoms with Crippen molar-refractivity contribution in [1.82, 2.24) is 4.98 Å². The van der Waals surface area contributed by atoms with Crippen LogP contribution in [-0.2, 0) is 6.54 Å². The van der Waals surface area contributed by atoms with Crippen molar-refractivity contribution in [2.75, 3.05) is 0 Å². The Morgan fingerprint density at radius 2 is 2.09 bits per heavy atom. The molecule has 0 saturated carbocycles. The first kappa shape index (κ1) is 13.2. The molecule has 1 aromatic rings. The lowest BCUT2D eigenvalue weighted by atomic mass is 10.3. The highest BCUT2D eigenvalue weighted by Gasteiger charge is 1.90. The van der Waals surface area contributed by atoms with Crippen molar-refractivity contribution in [3.63, 3.8) is 0 Å². The Morgan fingerprint density at radius 1 is 1.45 bits per heavy atom. The summed E-state index contributed by atoms with van der Waals surface area (Å²) in [6, 6.07) is 2.61. The minimum atomic E-state index is -0.287. The van der Waals surface area contributed by atoms with Gasteiger partial charge in [-0.3, -0.25) is 4.98 Å². The van der Waals surface area contributed by atoms with Gasteiger partial charge in [0.15, 0.2) is 0 Å². The zero-order valence-electron chi connectivity index (χ0n) is 5.66.